The molecule has 2 amide bonds. The summed E-state index contributed by atoms with van der Waals surface area (Å²) in [5.41, 5.74) is 0.855. The number of carbonyl (C=O) groups is 2. The number of hydrogen-bond acceptors (Lipinski definition) is 3. The summed E-state index contributed by atoms with van der Waals surface area (Å²) in [5, 5.41) is 5.33. The largest absolute Gasteiger partial charge is 0.340 e. The predicted octanol–water partition coefficient (Wildman–Crippen LogP) is 3.97. The molecule has 0 saturated carbocycles. The maximum Gasteiger partial charge on any atom is 0.251 e. The van der Waals surface area contributed by atoms with Gasteiger partial charge in [-0.15, -0.1) is 0 Å². The molecular weight excluding hydrogens is 363 g/mol. The zero-order chi connectivity index (χ0) is 18.2. The molecule has 7 heteroatoms. The number of carbonyl (C=O) groups excluding carboxylic acids is 2. The van der Waals surface area contributed by atoms with E-state index in [1.807, 2.05) is 12.3 Å². The van der Waals surface area contributed by atoms with Crippen LogP contribution in [-0.2, 0) is 4.79 Å². The molecule has 0 aromatic heterocycles. The lowest BCUT2D eigenvalue weighted by Gasteiger charge is -2.18. The molecule has 0 aliphatic carbocycles. The summed E-state index contributed by atoms with van der Waals surface area (Å²) in [7, 11) is 0. The molecule has 1 atom stereocenters. The Balaban J connectivity index is 2.08. The molecular formula is C18H18ClFN2O2S. The Morgan fingerprint density at radius 1 is 1.20 bits per heavy atom. The van der Waals surface area contributed by atoms with Crippen molar-refractivity contribution in [1.29, 1.82) is 0 Å². The number of halogens is 2. The molecule has 0 fully saturated rings. The van der Waals surface area contributed by atoms with Crippen LogP contribution in [0.4, 0.5) is 10.1 Å². The zero-order valence-electron chi connectivity index (χ0n) is 13.6. The van der Waals surface area contributed by atoms with Crippen LogP contribution in [0, 0.1) is 5.82 Å². The minimum absolute atomic E-state index is 0.0771. The van der Waals surface area contributed by atoms with Crippen molar-refractivity contribution in [3.05, 3.63) is 64.9 Å². The highest BCUT2D eigenvalue weighted by atomic mass is 35.5. The summed E-state index contributed by atoms with van der Waals surface area (Å²) in [6.07, 6.45) is 2.40. The van der Waals surface area contributed by atoms with Crippen molar-refractivity contribution >= 4 is 40.9 Å². The van der Waals surface area contributed by atoms with Gasteiger partial charge >= 0.3 is 0 Å². The Kier molecular flexibility index (Phi) is 7.28. The second-order valence-electron chi connectivity index (χ2n) is 5.29. The van der Waals surface area contributed by atoms with E-state index in [9.17, 15) is 14.0 Å². The van der Waals surface area contributed by atoms with Crippen LogP contribution >= 0.6 is 23.4 Å². The molecule has 0 saturated heterocycles. The van der Waals surface area contributed by atoms with Gasteiger partial charge in [0.25, 0.3) is 5.91 Å². The Bertz CT molecular complexity index is 743. The second-order valence-corrected chi connectivity index (χ2v) is 6.68. The maximum absolute atomic E-state index is 13.2. The highest BCUT2D eigenvalue weighted by Gasteiger charge is 2.21. The quantitative estimate of drug-likeness (QED) is 0.764. The van der Waals surface area contributed by atoms with Crippen LogP contribution in [0.1, 0.15) is 16.8 Å². The van der Waals surface area contributed by atoms with Gasteiger partial charge in [0.1, 0.15) is 11.9 Å². The molecule has 132 valence electrons. The van der Waals surface area contributed by atoms with Gasteiger partial charge in [0.2, 0.25) is 5.91 Å². The van der Waals surface area contributed by atoms with Gasteiger partial charge in [-0.25, -0.2) is 4.39 Å². The van der Waals surface area contributed by atoms with Crippen LogP contribution in [0.5, 0.6) is 0 Å². The zero-order valence-corrected chi connectivity index (χ0v) is 15.2. The lowest BCUT2D eigenvalue weighted by Crippen LogP contribution is -2.44. The minimum atomic E-state index is -0.705. The van der Waals surface area contributed by atoms with Gasteiger partial charge in [0.05, 0.1) is 5.02 Å². The van der Waals surface area contributed by atoms with E-state index in [0.29, 0.717) is 23.4 Å². The van der Waals surface area contributed by atoms with E-state index in [2.05, 4.69) is 10.6 Å². The molecule has 0 aliphatic heterocycles. The second kappa shape index (κ2) is 9.44. The van der Waals surface area contributed by atoms with Crippen molar-refractivity contribution in [2.24, 2.45) is 0 Å². The fourth-order valence-electron chi connectivity index (χ4n) is 2.14. The van der Waals surface area contributed by atoms with Crippen LogP contribution in [0.3, 0.4) is 0 Å². The molecule has 2 aromatic rings. The van der Waals surface area contributed by atoms with Gasteiger partial charge in [0.15, 0.2) is 0 Å². The first-order valence-corrected chi connectivity index (χ1v) is 9.39. The molecule has 4 nitrogen and oxygen atoms in total. The summed E-state index contributed by atoms with van der Waals surface area (Å²) < 4.78 is 13.2. The lowest BCUT2D eigenvalue weighted by atomic mass is 10.1. The molecule has 0 heterocycles. The topological polar surface area (TPSA) is 58.2 Å². The highest BCUT2D eigenvalue weighted by molar-refractivity contribution is 7.98. The van der Waals surface area contributed by atoms with E-state index in [-0.39, 0.29) is 16.8 Å². The maximum atomic E-state index is 13.2. The average molecular weight is 381 g/mol. The molecule has 2 aromatic carbocycles. The van der Waals surface area contributed by atoms with Crippen LogP contribution in [0.15, 0.2) is 48.5 Å². The SMILES string of the molecule is CSCC[C@@H](NC(=O)c1ccccc1)C(=O)Nc1ccc(F)c(Cl)c1. The third-order valence-corrected chi connectivity index (χ3v) is 4.39. The first-order valence-electron chi connectivity index (χ1n) is 7.62. The monoisotopic (exact) mass is 380 g/mol. The third kappa shape index (κ3) is 5.76. The normalized spacial score (nSPS) is 11.6. The summed E-state index contributed by atoms with van der Waals surface area (Å²) in [5.74, 6) is -0.548. The van der Waals surface area contributed by atoms with Crippen LogP contribution < -0.4 is 10.6 Å². The van der Waals surface area contributed by atoms with E-state index in [1.54, 1.807) is 36.0 Å². The smallest absolute Gasteiger partial charge is 0.251 e. The highest BCUT2D eigenvalue weighted by Crippen LogP contribution is 2.19. The van der Waals surface area contributed by atoms with Crippen molar-refractivity contribution in [3.8, 4) is 0 Å². The van der Waals surface area contributed by atoms with Gasteiger partial charge < -0.3 is 10.6 Å². The van der Waals surface area contributed by atoms with E-state index in [1.165, 1.54) is 18.2 Å². The molecule has 0 radical (unpaired) electrons. The lowest BCUT2D eigenvalue weighted by molar-refractivity contribution is -0.118. The van der Waals surface area contributed by atoms with Crippen LogP contribution in [0.2, 0.25) is 5.02 Å². The summed E-state index contributed by atoms with van der Waals surface area (Å²) in [6.45, 7) is 0. The van der Waals surface area contributed by atoms with Crippen molar-refractivity contribution in [2.75, 3.05) is 17.3 Å². The van der Waals surface area contributed by atoms with Crippen molar-refractivity contribution < 1.29 is 14.0 Å². The van der Waals surface area contributed by atoms with Crippen LogP contribution in [-0.4, -0.2) is 29.9 Å². The minimum Gasteiger partial charge on any atom is -0.340 e. The number of hydrogen-bond donors (Lipinski definition) is 2. The first kappa shape index (κ1) is 19.3. The predicted molar refractivity (Wildman–Crippen MR) is 101 cm³/mol. The molecule has 0 bridgehead atoms. The summed E-state index contributed by atoms with van der Waals surface area (Å²) >= 11 is 7.30. The Labute approximate surface area is 155 Å². The standard InChI is InChI=1S/C18H18ClFN2O2S/c1-25-10-9-16(22-17(23)12-5-3-2-4-6-12)18(24)21-13-7-8-15(20)14(19)11-13/h2-8,11,16H,9-10H2,1H3,(H,21,24)(H,22,23)/t16-/m1/s1. The van der Waals surface area contributed by atoms with E-state index in [0.717, 1.165) is 0 Å². The molecule has 2 rings (SSSR count). The fraction of sp³-hybridized carbons (Fsp3) is 0.222. The Hall–Kier alpha value is -2.05. The van der Waals surface area contributed by atoms with Gasteiger partial charge in [0, 0.05) is 11.3 Å². The van der Waals surface area contributed by atoms with Gasteiger partial charge in [-0.1, -0.05) is 29.8 Å². The number of benzene rings is 2. The molecule has 2 N–H and O–H groups in total. The van der Waals surface area contributed by atoms with Crippen molar-refractivity contribution in [1.82, 2.24) is 5.32 Å². The third-order valence-electron chi connectivity index (χ3n) is 3.46. The number of nitrogens with one attached hydrogen (secondary N) is 2. The van der Waals surface area contributed by atoms with E-state index >= 15 is 0 Å². The number of amides is 2. The van der Waals surface area contributed by atoms with Crippen molar-refractivity contribution in [2.45, 2.75) is 12.5 Å². The van der Waals surface area contributed by atoms with Gasteiger partial charge in [-0.05, 0) is 48.8 Å². The van der Waals surface area contributed by atoms with E-state index in [4.69, 9.17) is 11.6 Å². The molecule has 0 unspecified atom stereocenters. The number of thioether (sulfide) groups is 1. The van der Waals surface area contributed by atoms with Crippen molar-refractivity contribution in [3.63, 3.8) is 0 Å². The number of anilines is 1. The van der Waals surface area contributed by atoms with E-state index < -0.39 is 11.9 Å². The molecule has 25 heavy (non-hydrogen) atoms. The first-order chi connectivity index (χ1) is 12.0. The fourth-order valence-corrected chi connectivity index (χ4v) is 2.79. The molecule has 0 aliphatic rings. The Morgan fingerprint density at radius 3 is 2.56 bits per heavy atom. The average Bonchev–Trinajstić information content (AvgIpc) is 2.62. The number of rotatable bonds is 7. The Morgan fingerprint density at radius 2 is 1.92 bits per heavy atom. The summed E-state index contributed by atoms with van der Waals surface area (Å²) in [4.78, 5) is 24.8. The summed E-state index contributed by atoms with van der Waals surface area (Å²) in [6, 6.07) is 11.9. The van der Waals surface area contributed by atoms with Gasteiger partial charge in [-0.2, -0.15) is 11.8 Å². The van der Waals surface area contributed by atoms with Gasteiger partial charge in [-0.3, -0.25) is 9.59 Å². The van der Waals surface area contributed by atoms with Crippen LogP contribution in [0.25, 0.3) is 0 Å². The molecule has 0 spiro atoms.